The number of hydrogen-bond acceptors (Lipinski definition) is 3. The monoisotopic (exact) mass is 358 g/mol. The predicted molar refractivity (Wildman–Crippen MR) is 109 cm³/mol. The van der Waals surface area contributed by atoms with Gasteiger partial charge in [0, 0.05) is 17.6 Å². The number of benzene rings is 2. The molecule has 128 valence electrons. The highest BCUT2D eigenvalue weighted by Gasteiger charge is 2.20. The van der Waals surface area contributed by atoms with E-state index in [1.54, 1.807) is 16.2 Å². The third-order valence-corrected chi connectivity index (χ3v) is 5.24. The molecule has 2 heterocycles. The second kappa shape index (κ2) is 7.10. The minimum Gasteiger partial charge on any atom is -0.309 e. The van der Waals surface area contributed by atoms with Crippen LogP contribution in [0.3, 0.4) is 0 Å². The molecule has 0 spiro atoms. The molecule has 0 aliphatic carbocycles. The van der Waals surface area contributed by atoms with E-state index >= 15 is 0 Å². The van der Waals surface area contributed by atoms with Gasteiger partial charge >= 0.3 is 0 Å². The molecule has 0 radical (unpaired) electrons. The van der Waals surface area contributed by atoms with Crippen LogP contribution in [0.4, 0.5) is 5.69 Å². The van der Waals surface area contributed by atoms with Crippen molar-refractivity contribution in [3.63, 3.8) is 0 Å². The number of carbonyl (C=O) groups excluding carboxylic acids is 1. The highest BCUT2D eigenvalue weighted by Crippen LogP contribution is 2.29. The lowest BCUT2D eigenvalue weighted by molar-refractivity contribution is 0.0990. The number of para-hydroxylation sites is 2. The highest BCUT2D eigenvalue weighted by molar-refractivity contribution is 7.13. The molecule has 0 unspecified atom stereocenters. The molecule has 0 saturated heterocycles. The number of fused-ring (bicyclic) bond motifs is 1. The fourth-order valence-corrected chi connectivity index (χ4v) is 3.79. The smallest absolute Gasteiger partial charge is 0.259 e. The topological polar surface area (TPSA) is 33.2 Å². The Bertz CT molecular complexity index is 1040. The van der Waals surface area contributed by atoms with Crippen molar-refractivity contribution in [3.8, 4) is 10.6 Å². The van der Waals surface area contributed by atoms with Crippen molar-refractivity contribution in [1.29, 1.82) is 0 Å². The first kappa shape index (κ1) is 16.5. The highest BCUT2D eigenvalue weighted by atomic mass is 32.1. The Kier molecular flexibility index (Phi) is 4.50. The van der Waals surface area contributed by atoms with Crippen LogP contribution in [0.25, 0.3) is 21.5 Å². The molecule has 3 nitrogen and oxygen atoms in total. The van der Waals surface area contributed by atoms with Gasteiger partial charge in [-0.15, -0.1) is 11.3 Å². The molecule has 0 fully saturated rings. The van der Waals surface area contributed by atoms with Gasteiger partial charge in [0.05, 0.1) is 21.7 Å². The van der Waals surface area contributed by atoms with Crippen LogP contribution < -0.4 is 4.90 Å². The Morgan fingerprint density at radius 1 is 1.00 bits per heavy atom. The van der Waals surface area contributed by atoms with Gasteiger partial charge in [0.1, 0.15) is 0 Å². The SMILES string of the molecule is CCN(C(=O)c1cc(-c2cccs2)nc2ccccc12)c1ccccc1. The van der Waals surface area contributed by atoms with Gasteiger partial charge in [0.15, 0.2) is 0 Å². The lowest BCUT2D eigenvalue weighted by Gasteiger charge is -2.22. The van der Waals surface area contributed by atoms with Gasteiger partial charge in [-0.25, -0.2) is 4.98 Å². The molecule has 0 aliphatic rings. The molecular formula is C22H18N2OS. The van der Waals surface area contributed by atoms with Gasteiger partial charge in [-0.05, 0) is 42.6 Å². The molecule has 0 saturated carbocycles. The van der Waals surface area contributed by atoms with E-state index in [1.807, 2.05) is 85.1 Å². The maximum atomic E-state index is 13.4. The van der Waals surface area contributed by atoms with Gasteiger partial charge in [-0.2, -0.15) is 0 Å². The molecule has 0 atom stereocenters. The van der Waals surface area contributed by atoms with Crippen molar-refractivity contribution in [2.45, 2.75) is 6.92 Å². The summed E-state index contributed by atoms with van der Waals surface area (Å²) in [6.07, 6.45) is 0. The second-order valence-corrected chi connectivity index (χ2v) is 6.88. The summed E-state index contributed by atoms with van der Waals surface area (Å²) in [5.74, 6) is -0.00453. The van der Waals surface area contributed by atoms with E-state index in [-0.39, 0.29) is 5.91 Å². The van der Waals surface area contributed by atoms with Crippen LogP contribution in [0.15, 0.2) is 78.2 Å². The quantitative estimate of drug-likeness (QED) is 0.474. The lowest BCUT2D eigenvalue weighted by Crippen LogP contribution is -2.30. The van der Waals surface area contributed by atoms with E-state index in [2.05, 4.69) is 0 Å². The Balaban J connectivity index is 1.88. The van der Waals surface area contributed by atoms with Crippen LogP contribution in [0.2, 0.25) is 0 Å². The van der Waals surface area contributed by atoms with E-state index in [0.717, 1.165) is 27.2 Å². The van der Waals surface area contributed by atoms with Crippen molar-refractivity contribution in [1.82, 2.24) is 4.98 Å². The molecule has 2 aromatic heterocycles. The van der Waals surface area contributed by atoms with Gasteiger partial charge in [-0.1, -0.05) is 42.5 Å². The molecular weight excluding hydrogens is 340 g/mol. The average molecular weight is 358 g/mol. The first-order valence-corrected chi connectivity index (χ1v) is 9.46. The lowest BCUT2D eigenvalue weighted by atomic mass is 10.1. The van der Waals surface area contributed by atoms with Gasteiger partial charge in [0.2, 0.25) is 0 Å². The molecule has 0 N–H and O–H groups in total. The van der Waals surface area contributed by atoms with Crippen LogP contribution in [0.5, 0.6) is 0 Å². The number of thiophene rings is 1. The number of anilines is 1. The first-order valence-electron chi connectivity index (χ1n) is 8.58. The molecule has 4 rings (SSSR count). The van der Waals surface area contributed by atoms with Crippen LogP contribution in [-0.4, -0.2) is 17.4 Å². The third kappa shape index (κ3) is 3.00. The summed E-state index contributed by atoms with van der Waals surface area (Å²) in [6.45, 7) is 2.60. The van der Waals surface area contributed by atoms with E-state index < -0.39 is 0 Å². The molecule has 1 amide bonds. The summed E-state index contributed by atoms with van der Waals surface area (Å²) in [5, 5.41) is 2.91. The molecule has 0 bridgehead atoms. The maximum Gasteiger partial charge on any atom is 0.259 e. The maximum absolute atomic E-state index is 13.4. The molecule has 0 aliphatic heterocycles. The third-order valence-electron chi connectivity index (χ3n) is 4.35. The number of rotatable bonds is 4. The van der Waals surface area contributed by atoms with E-state index in [1.165, 1.54) is 0 Å². The summed E-state index contributed by atoms with van der Waals surface area (Å²) in [6, 6.07) is 23.6. The zero-order valence-corrected chi connectivity index (χ0v) is 15.2. The van der Waals surface area contributed by atoms with E-state index in [9.17, 15) is 4.79 Å². The first-order chi connectivity index (χ1) is 12.8. The number of pyridine rings is 1. The van der Waals surface area contributed by atoms with Crippen LogP contribution >= 0.6 is 11.3 Å². The minimum atomic E-state index is -0.00453. The Morgan fingerprint density at radius 3 is 2.50 bits per heavy atom. The summed E-state index contributed by atoms with van der Waals surface area (Å²) < 4.78 is 0. The number of hydrogen-bond donors (Lipinski definition) is 0. The number of amides is 1. The molecule has 26 heavy (non-hydrogen) atoms. The molecule has 2 aromatic carbocycles. The number of aromatic nitrogens is 1. The van der Waals surface area contributed by atoms with Crippen LogP contribution in [0, 0.1) is 0 Å². The van der Waals surface area contributed by atoms with E-state index in [4.69, 9.17) is 4.98 Å². The van der Waals surface area contributed by atoms with E-state index in [0.29, 0.717) is 12.1 Å². The summed E-state index contributed by atoms with van der Waals surface area (Å²) in [7, 11) is 0. The second-order valence-electron chi connectivity index (χ2n) is 5.93. The molecule has 4 aromatic rings. The minimum absolute atomic E-state index is 0.00453. The van der Waals surface area contributed by atoms with Crippen LogP contribution in [0.1, 0.15) is 17.3 Å². The van der Waals surface area contributed by atoms with Crippen molar-refractivity contribution in [2.24, 2.45) is 0 Å². The fourth-order valence-electron chi connectivity index (χ4n) is 3.10. The largest absolute Gasteiger partial charge is 0.309 e. The normalized spacial score (nSPS) is 10.8. The van der Waals surface area contributed by atoms with Crippen molar-refractivity contribution in [2.75, 3.05) is 11.4 Å². The summed E-state index contributed by atoms with van der Waals surface area (Å²) >= 11 is 1.63. The average Bonchev–Trinajstić information content (AvgIpc) is 3.23. The summed E-state index contributed by atoms with van der Waals surface area (Å²) in [5.41, 5.74) is 3.26. The fraction of sp³-hybridized carbons (Fsp3) is 0.0909. The zero-order chi connectivity index (χ0) is 17.9. The van der Waals surface area contributed by atoms with Gasteiger partial charge in [0.25, 0.3) is 5.91 Å². The van der Waals surface area contributed by atoms with Crippen molar-refractivity contribution < 1.29 is 4.79 Å². The van der Waals surface area contributed by atoms with Gasteiger partial charge < -0.3 is 4.90 Å². The van der Waals surface area contributed by atoms with Crippen LogP contribution in [-0.2, 0) is 0 Å². The van der Waals surface area contributed by atoms with Crippen molar-refractivity contribution in [3.05, 3.63) is 83.7 Å². The van der Waals surface area contributed by atoms with Crippen molar-refractivity contribution >= 4 is 33.8 Å². The Hall–Kier alpha value is -2.98. The summed E-state index contributed by atoms with van der Waals surface area (Å²) in [4.78, 5) is 21.0. The Labute approximate surface area is 156 Å². The van der Waals surface area contributed by atoms with Gasteiger partial charge in [-0.3, -0.25) is 4.79 Å². The molecule has 4 heteroatoms. The standard InChI is InChI=1S/C22H18N2OS/c1-2-24(16-9-4-3-5-10-16)22(25)18-15-20(21-13-8-14-26-21)23-19-12-7-6-11-17(18)19/h3-15H,2H2,1H3. The zero-order valence-electron chi connectivity index (χ0n) is 14.4. The number of nitrogens with zero attached hydrogens (tertiary/aromatic N) is 2. The number of carbonyl (C=O) groups is 1. The predicted octanol–water partition coefficient (Wildman–Crippen LogP) is 5.63. The Morgan fingerprint density at radius 2 is 1.77 bits per heavy atom.